The molecule has 0 aromatic carbocycles. The number of hydrogen-bond acceptors (Lipinski definition) is 4. The average molecular weight is 263 g/mol. The molecule has 100 valence electrons. The molecule has 0 saturated carbocycles. The molecule has 2 atom stereocenters. The number of piperazine rings is 1. The second-order valence-corrected chi connectivity index (χ2v) is 6.66. The molecular weight excluding hydrogens is 242 g/mol. The molecule has 2 saturated heterocycles. The number of aliphatic hydroxyl groups is 1. The Labute approximate surface area is 103 Å². The highest BCUT2D eigenvalue weighted by Crippen LogP contribution is 2.27. The summed E-state index contributed by atoms with van der Waals surface area (Å²) in [5.74, 6) is 0.234. The number of nitrogens with one attached hydrogen (secondary N) is 1. The summed E-state index contributed by atoms with van der Waals surface area (Å²) in [5.41, 5.74) is 0. The third kappa shape index (κ3) is 2.48. The summed E-state index contributed by atoms with van der Waals surface area (Å²) in [6.07, 6.45) is 0.830. The largest absolute Gasteiger partial charge is 0.395 e. The van der Waals surface area contributed by atoms with Gasteiger partial charge >= 0.3 is 0 Å². The van der Waals surface area contributed by atoms with E-state index in [1.165, 1.54) is 8.61 Å². The van der Waals surface area contributed by atoms with Crippen molar-refractivity contribution >= 4 is 10.2 Å². The van der Waals surface area contributed by atoms with Crippen LogP contribution in [0.5, 0.6) is 0 Å². The van der Waals surface area contributed by atoms with Crippen LogP contribution in [0.4, 0.5) is 0 Å². The van der Waals surface area contributed by atoms with Gasteiger partial charge in [-0.1, -0.05) is 6.92 Å². The molecule has 2 aliphatic heterocycles. The highest BCUT2D eigenvalue weighted by Gasteiger charge is 2.41. The van der Waals surface area contributed by atoms with E-state index in [-0.39, 0.29) is 18.6 Å². The van der Waals surface area contributed by atoms with Gasteiger partial charge in [-0.2, -0.15) is 17.0 Å². The molecule has 0 aliphatic carbocycles. The van der Waals surface area contributed by atoms with Gasteiger partial charge < -0.3 is 10.4 Å². The fraction of sp³-hybridized carbons (Fsp3) is 1.00. The monoisotopic (exact) mass is 263 g/mol. The number of rotatable bonds is 3. The van der Waals surface area contributed by atoms with E-state index in [4.69, 9.17) is 0 Å². The van der Waals surface area contributed by atoms with Crippen LogP contribution >= 0.6 is 0 Å². The molecule has 2 unspecified atom stereocenters. The average Bonchev–Trinajstić information content (AvgIpc) is 2.72. The van der Waals surface area contributed by atoms with Gasteiger partial charge in [-0.05, 0) is 12.3 Å². The van der Waals surface area contributed by atoms with Gasteiger partial charge in [0.25, 0.3) is 10.2 Å². The van der Waals surface area contributed by atoms with Crippen molar-refractivity contribution in [1.82, 2.24) is 13.9 Å². The van der Waals surface area contributed by atoms with E-state index in [0.717, 1.165) is 6.42 Å². The van der Waals surface area contributed by atoms with E-state index in [0.29, 0.717) is 32.7 Å². The van der Waals surface area contributed by atoms with Crippen LogP contribution < -0.4 is 5.32 Å². The first kappa shape index (κ1) is 13.2. The molecule has 2 aliphatic rings. The highest BCUT2D eigenvalue weighted by atomic mass is 32.2. The van der Waals surface area contributed by atoms with Crippen molar-refractivity contribution in [3.05, 3.63) is 0 Å². The molecule has 0 amide bonds. The Kier molecular flexibility index (Phi) is 4.04. The molecule has 0 aromatic rings. The van der Waals surface area contributed by atoms with Crippen molar-refractivity contribution in [2.24, 2.45) is 5.92 Å². The van der Waals surface area contributed by atoms with Crippen LogP contribution in [0.15, 0.2) is 0 Å². The predicted molar refractivity (Wildman–Crippen MR) is 64.7 cm³/mol. The molecule has 6 nitrogen and oxygen atoms in total. The van der Waals surface area contributed by atoms with Crippen molar-refractivity contribution in [2.45, 2.75) is 19.4 Å². The summed E-state index contributed by atoms with van der Waals surface area (Å²) in [6.45, 7) is 4.87. The van der Waals surface area contributed by atoms with Gasteiger partial charge in [0.15, 0.2) is 0 Å². The molecule has 2 fully saturated rings. The zero-order valence-corrected chi connectivity index (χ0v) is 11.0. The van der Waals surface area contributed by atoms with Gasteiger partial charge in [0, 0.05) is 32.7 Å². The quantitative estimate of drug-likeness (QED) is 0.674. The molecule has 0 bridgehead atoms. The van der Waals surface area contributed by atoms with Crippen LogP contribution in [-0.2, 0) is 10.2 Å². The van der Waals surface area contributed by atoms with Crippen molar-refractivity contribution in [2.75, 3.05) is 39.3 Å². The lowest BCUT2D eigenvalue weighted by Crippen LogP contribution is -2.53. The Hall–Kier alpha value is -0.210. The summed E-state index contributed by atoms with van der Waals surface area (Å²) in [7, 11) is -3.39. The standard InChI is InChI=1S/C10H21N3O3S/c1-9-2-5-13(10(9)8-14)17(15,16)12-6-3-11-4-7-12/h9-11,14H,2-8H2,1H3. The van der Waals surface area contributed by atoms with E-state index in [2.05, 4.69) is 5.32 Å². The minimum absolute atomic E-state index is 0.0908. The molecule has 17 heavy (non-hydrogen) atoms. The Morgan fingerprint density at radius 3 is 2.53 bits per heavy atom. The summed E-state index contributed by atoms with van der Waals surface area (Å²) < 4.78 is 27.8. The van der Waals surface area contributed by atoms with Gasteiger partial charge in [0.2, 0.25) is 0 Å². The zero-order valence-electron chi connectivity index (χ0n) is 10.2. The molecule has 0 aromatic heterocycles. The third-order valence-electron chi connectivity index (χ3n) is 3.72. The van der Waals surface area contributed by atoms with Crippen LogP contribution in [0.2, 0.25) is 0 Å². The lowest BCUT2D eigenvalue weighted by molar-refractivity contribution is 0.183. The first-order chi connectivity index (χ1) is 8.07. The van der Waals surface area contributed by atoms with E-state index in [9.17, 15) is 13.5 Å². The lowest BCUT2D eigenvalue weighted by Gasteiger charge is -2.33. The van der Waals surface area contributed by atoms with Gasteiger partial charge in [0.1, 0.15) is 0 Å². The SMILES string of the molecule is CC1CCN(S(=O)(=O)N2CCNCC2)C1CO. The smallest absolute Gasteiger partial charge is 0.282 e. The van der Waals surface area contributed by atoms with Crippen molar-refractivity contribution in [3.8, 4) is 0 Å². The van der Waals surface area contributed by atoms with Crippen LogP contribution in [0.3, 0.4) is 0 Å². The number of hydrogen-bond donors (Lipinski definition) is 2. The second-order valence-electron chi connectivity index (χ2n) is 4.78. The Morgan fingerprint density at radius 2 is 1.94 bits per heavy atom. The maximum Gasteiger partial charge on any atom is 0.282 e. The Bertz CT molecular complexity index is 354. The Balaban J connectivity index is 2.14. The van der Waals surface area contributed by atoms with Crippen LogP contribution in [0.25, 0.3) is 0 Å². The lowest BCUT2D eigenvalue weighted by atomic mass is 10.0. The van der Waals surface area contributed by atoms with Gasteiger partial charge in [0.05, 0.1) is 12.6 Å². The third-order valence-corrected chi connectivity index (χ3v) is 5.78. The minimum atomic E-state index is -3.39. The summed E-state index contributed by atoms with van der Waals surface area (Å²) in [4.78, 5) is 0. The van der Waals surface area contributed by atoms with Crippen molar-refractivity contribution < 1.29 is 13.5 Å². The summed E-state index contributed by atoms with van der Waals surface area (Å²) in [5, 5.41) is 12.5. The molecule has 2 N–H and O–H groups in total. The van der Waals surface area contributed by atoms with Crippen LogP contribution in [-0.4, -0.2) is 67.5 Å². The van der Waals surface area contributed by atoms with Gasteiger partial charge in [-0.3, -0.25) is 0 Å². The summed E-state index contributed by atoms with van der Waals surface area (Å²) >= 11 is 0. The fourth-order valence-electron chi connectivity index (χ4n) is 2.55. The molecule has 2 rings (SSSR count). The highest BCUT2D eigenvalue weighted by molar-refractivity contribution is 7.86. The molecule has 0 radical (unpaired) electrons. The molecule has 0 spiro atoms. The van der Waals surface area contributed by atoms with E-state index >= 15 is 0 Å². The number of nitrogens with zero attached hydrogens (tertiary/aromatic N) is 2. The van der Waals surface area contributed by atoms with Gasteiger partial charge in [-0.15, -0.1) is 0 Å². The fourth-order valence-corrected chi connectivity index (χ4v) is 4.45. The normalized spacial score (nSPS) is 33.1. The van der Waals surface area contributed by atoms with Crippen LogP contribution in [0, 0.1) is 5.92 Å². The topological polar surface area (TPSA) is 72.9 Å². The predicted octanol–water partition coefficient (Wildman–Crippen LogP) is -1.16. The Morgan fingerprint density at radius 1 is 1.29 bits per heavy atom. The second kappa shape index (κ2) is 5.19. The molecule has 7 heteroatoms. The number of aliphatic hydroxyl groups excluding tert-OH is 1. The van der Waals surface area contributed by atoms with E-state index in [1.54, 1.807) is 0 Å². The van der Waals surface area contributed by atoms with Crippen molar-refractivity contribution in [1.29, 1.82) is 0 Å². The summed E-state index contributed by atoms with van der Waals surface area (Å²) in [6, 6.07) is -0.255. The maximum atomic E-state index is 12.4. The van der Waals surface area contributed by atoms with Gasteiger partial charge in [-0.25, -0.2) is 0 Å². The maximum absolute atomic E-state index is 12.4. The molecular formula is C10H21N3O3S. The first-order valence-electron chi connectivity index (χ1n) is 6.16. The van der Waals surface area contributed by atoms with E-state index in [1.807, 2.05) is 6.92 Å². The van der Waals surface area contributed by atoms with Crippen molar-refractivity contribution in [3.63, 3.8) is 0 Å². The van der Waals surface area contributed by atoms with E-state index < -0.39 is 10.2 Å². The minimum Gasteiger partial charge on any atom is -0.395 e. The first-order valence-corrected chi connectivity index (χ1v) is 7.55. The van der Waals surface area contributed by atoms with Crippen LogP contribution in [0.1, 0.15) is 13.3 Å². The molecule has 2 heterocycles. The zero-order chi connectivity index (χ0) is 12.5.